The predicted molar refractivity (Wildman–Crippen MR) is 112 cm³/mol. The quantitative estimate of drug-likeness (QED) is 0.364. The second-order valence-corrected chi connectivity index (χ2v) is 7.23. The summed E-state index contributed by atoms with van der Waals surface area (Å²) in [6.45, 7) is 1.71. The zero-order chi connectivity index (χ0) is 21.1. The molecule has 3 N–H and O–H groups in total. The van der Waals surface area contributed by atoms with Crippen LogP contribution in [-0.4, -0.2) is 32.9 Å². The van der Waals surface area contributed by atoms with E-state index in [1.807, 2.05) is 78.9 Å². The number of rotatable bonds is 6. The first-order valence-electron chi connectivity index (χ1n) is 9.68. The van der Waals surface area contributed by atoms with Crippen molar-refractivity contribution in [3.63, 3.8) is 0 Å². The Morgan fingerprint density at radius 3 is 2.53 bits per heavy atom. The number of carbonyl (C=O) groups is 1. The van der Waals surface area contributed by atoms with Gasteiger partial charge in [0.25, 0.3) is 0 Å². The van der Waals surface area contributed by atoms with Gasteiger partial charge in [-0.3, -0.25) is 5.21 Å². The van der Waals surface area contributed by atoms with E-state index in [1.165, 1.54) is 0 Å². The van der Waals surface area contributed by atoms with Crippen molar-refractivity contribution in [3.05, 3.63) is 90.4 Å². The first-order valence-corrected chi connectivity index (χ1v) is 9.68. The molecule has 1 atom stereocenters. The minimum absolute atomic E-state index is 0.0519. The van der Waals surface area contributed by atoms with Crippen LogP contribution in [-0.2, 0) is 11.3 Å². The third kappa shape index (κ3) is 3.85. The molecule has 1 unspecified atom stereocenters. The average Bonchev–Trinajstić information content (AvgIpc) is 3.21. The summed E-state index contributed by atoms with van der Waals surface area (Å²) in [5.74, 6) is 0.457. The first-order chi connectivity index (χ1) is 14.5. The number of carbonyl (C=O) groups excluding carboxylic acids is 1. The number of oxazole rings is 1. The fourth-order valence-corrected chi connectivity index (χ4v) is 3.57. The zero-order valence-electron chi connectivity index (χ0n) is 16.5. The van der Waals surface area contributed by atoms with E-state index in [0.29, 0.717) is 16.5 Å². The molecule has 0 spiro atoms. The van der Waals surface area contributed by atoms with Crippen LogP contribution in [0.3, 0.4) is 0 Å². The largest absolute Gasteiger partial charge is 0.438 e. The van der Waals surface area contributed by atoms with Crippen LogP contribution in [0.4, 0.5) is 4.79 Å². The van der Waals surface area contributed by atoms with Gasteiger partial charge < -0.3 is 14.9 Å². The Morgan fingerprint density at radius 1 is 1.20 bits per heavy atom. The van der Waals surface area contributed by atoms with Gasteiger partial charge in [0.2, 0.25) is 5.89 Å². The van der Waals surface area contributed by atoms with E-state index >= 15 is 0 Å². The highest BCUT2D eigenvalue weighted by atomic mass is 16.5. The number of nitrogens with two attached hydrogens (primary N) is 1. The van der Waals surface area contributed by atoms with Crippen molar-refractivity contribution in [2.24, 2.45) is 5.73 Å². The Labute approximate surface area is 174 Å². The number of benzene rings is 2. The predicted octanol–water partition coefficient (Wildman–Crippen LogP) is 4.15. The van der Waals surface area contributed by atoms with Gasteiger partial charge in [0.1, 0.15) is 17.7 Å². The number of para-hydroxylation sites is 2. The van der Waals surface area contributed by atoms with Crippen LogP contribution in [0.1, 0.15) is 24.3 Å². The normalized spacial score (nSPS) is 21.6. The van der Waals surface area contributed by atoms with E-state index < -0.39 is 17.7 Å². The summed E-state index contributed by atoms with van der Waals surface area (Å²) in [7, 11) is 0. The molecule has 0 fully saturated rings. The second kappa shape index (κ2) is 8.14. The highest BCUT2D eigenvalue weighted by molar-refractivity contribution is 5.72. The molecule has 0 aliphatic heterocycles. The lowest BCUT2D eigenvalue weighted by Gasteiger charge is -2.38. The van der Waals surface area contributed by atoms with Crippen molar-refractivity contribution in [2.75, 3.05) is 0 Å². The summed E-state index contributed by atoms with van der Waals surface area (Å²) in [6, 6.07) is 15.7. The maximum Gasteiger partial charge on any atom is 0.338 e. The van der Waals surface area contributed by atoms with Crippen LogP contribution in [0.5, 0.6) is 0 Å². The number of ether oxygens (including phenoxy) is 1. The number of aromatic nitrogens is 1. The van der Waals surface area contributed by atoms with Crippen molar-refractivity contribution in [1.82, 2.24) is 10.0 Å². The molecule has 30 heavy (non-hydrogen) atoms. The molecule has 4 rings (SSSR count). The van der Waals surface area contributed by atoms with Crippen molar-refractivity contribution in [2.45, 2.75) is 31.1 Å². The topological polar surface area (TPSA) is 102 Å². The number of hydroxylamine groups is 2. The third-order valence-electron chi connectivity index (χ3n) is 5.34. The Balaban J connectivity index is 1.60. The van der Waals surface area contributed by atoms with Crippen LogP contribution in [0, 0.1) is 0 Å². The van der Waals surface area contributed by atoms with Crippen molar-refractivity contribution in [3.8, 4) is 0 Å². The Kier molecular flexibility index (Phi) is 5.39. The van der Waals surface area contributed by atoms with E-state index in [0.717, 1.165) is 11.1 Å². The lowest BCUT2D eigenvalue weighted by Crippen LogP contribution is -2.53. The first kappa shape index (κ1) is 19.9. The Hall–Kier alpha value is -3.42. The van der Waals surface area contributed by atoms with Gasteiger partial charge in [-0.05, 0) is 36.8 Å². The number of hydrogen-bond donors (Lipinski definition) is 2. The number of urea groups is 1. The van der Waals surface area contributed by atoms with Crippen molar-refractivity contribution >= 4 is 17.1 Å². The molecule has 7 nitrogen and oxygen atoms in total. The van der Waals surface area contributed by atoms with E-state index in [1.54, 1.807) is 6.92 Å². The molecule has 1 aromatic heterocycles. The number of nitrogens with zero attached hydrogens (tertiary/aromatic N) is 2. The SMILES string of the molecule is CC(N(O)C(N)=O)C1(OCc2nc3ccccc3o2)C=CC(c2ccccc2)C=C1. The highest BCUT2D eigenvalue weighted by Gasteiger charge is 2.40. The summed E-state index contributed by atoms with van der Waals surface area (Å²) < 4.78 is 11.9. The molecule has 154 valence electrons. The maximum absolute atomic E-state index is 11.6. The Morgan fingerprint density at radius 2 is 1.87 bits per heavy atom. The van der Waals surface area contributed by atoms with Gasteiger partial charge in [-0.2, -0.15) is 5.06 Å². The van der Waals surface area contributed by atoms with Crippen LogP contribution >= 0.6 is 0 Å². The van der Waals surface area contributed by atoms with Crippen molar-refractivity contribution in [1.29, 1.82) is 0 Å². The molecular weight excluding hydrogens is 382 g/mol. The molecule has 0 saturated heterocycles. The highest BCUT2D eigenvalue weighted by Crippen LogP contribution is 2.33. The minimum Gasteiger partial charge on any atom is -0.438 e. The van der Waals surface area contributed by atoms with E-state index in [2.05, 4.69) is 4.98 Å². The van der Waals surface area contributed by atoms with E-state index in [4.69, 9.17) is 14.9 Å². The second-order valence-electron chi connectivity index (χ2n) is 7.23. The number of allylic oxidation sites excluding steroid dienone is 2. The fourth-order valence-electron chi connectivity index (χ4n) is 3.57. The molecule has 1 aliphatic rings. The molecular formula is C23H23N3O4. The monoisotopic (exact) mass is 405 g/mol. The van der Waals surface area contributed by atoms with Gasteiger partial charge in [0.05, 0.1) is 6.04 Å². The number of amides is 2. The smallest absolute Gasteiger partial charge is 0.338 e. The number of primary amides is 1. The maximum atomic E-state index is 11.6. The molecule has 2 amide bonds. The summed E-state index contributed by atoms with van der Waals surface area (Å²) in [5, 5.41) is 10.7. The van der Waals surface area contributed by atoms with Gasteiger partial charge in [0.15, 0.2) is 5.58 Å². The lowest BCUT2D eigenvalue weighted by molar-refractivity contribution is -0.135. The zero-order valence-corrected chi connectivity index (χ0v) is 16.5. The number of fused-ring (bicyclic) bond motifs is 1. The molecule has 1 heterocycles. The van der Waals surface area contributed by atoms with Gasteiger partial charge in [-0.1, -0.05) is 54.6 Å². The molecule has 0 bridgehead atoms. The molecule has 3 aromatic rings. The van der Waals surface area contributed by atoms with E-state index in [9.17, 15) is 10.0 Å². The average molecular weight is 405 g/mol. The summed E-state index contributed by atoms with van der Waals surface area (Å²) in [5.41, 5.74) is 6.70. The number of hydrogen-bond acceptors (Lipinski definition) is 5. The summed E-state index contributed by atoms with van der Waals surface area (Å²) >= 11 is 0. The molecule has 2 aromatic carbocycles. The van der Waals surface area contributed by atoms with Gasteiger partial charge in [-0.15, -0.1) is 0 Å². The Bertz CT molecular complexity index is 1040. The van der Waals surface area contributed by atoms with Crippen LogP contribution < -0.4 is 5.73 Å². The van der Waals surface area contributed by atoms with Gasteiger partial charge >= 0.3 is 6.03 Å². The molecule has 1 aliphatic carbocycles. The lowest BCUT2D eigenvalue weighted by atomic mass is 9.84. The van der Waals surface area contributed by atoms with Crippen LogP contribution in [0.15, 0.2) is 83.3 Å². The van der Waals surface area contributed by atoms with Crippen LogP contribution in [0.2, 0.25) is 0 Å². The van der Waals surface area contributed by atoms with Crippen LogP contribution in [0.25, 0.3) is 11.1 Å². The van der Waals surface area contributed by atoms with Gasteiger partial charge in [0, 0.05) is 5.92 Å². The minimum atomic E-state index is -1.10. The molecule has 7 heteroatoms. The molecule has 0 radical (unpaired) electrons. The van der Waals surface area contributed by atoms with Crippen molar-refractivity contribution < 1.29 is 19.2 Å². The summed E-state index contributed by atoms with van der Waals surface area (Å²) in [4.78, 5) is 16.0. The molecule has 0 saturated carbocycles. The third-order valence-corrected chi connectivity index (χ3v) is 5.34. The van der Waals surface area contributed by atoms with E-state index in [-0.39, 0.29) is 12.5 Å². The standard InChI is InChI=1S/C23H23N3O4/c1-16(26(28)22(24)27)23(13-11-18(12-14-23)17-7-3-2-4-8-17)29-15-21-25-19-9-5-6-10-20(19)30-21/h2-14,16,18,28H,15H2,1H3,(H2,24,27). The van der Waals surface area contributed by atoms with Gasteiger partial charge in [-0.25, -0.2) is 9.78 Å². The summed E-state index contributed by atoms with van der Waals surface area (Å²) in [6.07, 6.45) is 7.63. The fraction of sp³-hybridized carbons (Fsp3) is 0.217.